The van der Waals surface area contributed by atoms with Gasteiger partial charge in [-0.05, 0) is 55.7 Å². The number of benzene rings is 2. The third-order valence-corrected chi connectivity index (χ3v) is 5.38. The first-order valence-corrected chi connectivity index (χ1v) is 10.4. The molecule has 0 saturated heterocycles. The fourth-order valence-electron chi connectivity index (χ4n) is 3.65. The summed E-state index contributed by atoms with van der Waals surface area (Å²) in [6, 6.07) is 14.4. The minimum absolute atomic E-state index is 0.0276. The average molecular weight is 425 g/mol. The van der Waals surface area contributed by atoms with Crippen LogP contribution in [0, 0.1) is 25.6 Å². The van der Waals surface area contributed by atoms with E-state index in [1.165, 1.54) is 12.1 Å². The van der Waals surface area contributed by atoms with Crippen LogP contribution in [0.15, 0.2) is 48.5 Å². The van der Waals surface area contributed by atoms with Crippen LogP contribution in [0.3, 0.4) is 0 Å². The maximum absolute atomic E-state index is 13.4. The minimum Gasteiger partial charge on any atom is -0.497 e. The van der Waals surface area contributed by atoms with Gasteiger partial charge in [-0.3, -0.25) is 4.79 Å². The molecule has 2 aromatic carbocycles. The number of methoxy groups -OCH3 is 1. The van der Waals surface area contributed by atoms with Crippen molar-refractivity contribution in [3.63, 3.8) is 0 Å². The van der Waals surface area contributed by atoms with Crippen molar-refractivity contribution in [3.05, 3.63) is 77.1 Å². The van der Waals surface area contributed by atoms with Gasteiger partial charge < -0.3 is 10.1 Å². The summed E-state index contributed by atoms with van der Waals surface area (Å²) in [4.78, 5) is 16.9. The lowest BCUT2D eigenvalue weighted by Crippen LogP contribution is -2.33. The Bertz CT molecular complexity index is 999. The van der Waals surface area contributed by atoms with Gasteiger partial charge in [0.25, 0.3) is 0 Å². The lowest BCUT2D eigenvalue weighted by atomic mass is 9.88. The van der Waals surface area contributed by atoms with Crippen LogP contribution in [-0.4, -0.2) is 34.3 Å². The summed E-state index contributed by atoms with van der Waals surface area (Å²) in [7, 11) is 1.63. The summed E-state index contributed by atoms with van der Waals surface area (Å²) in [5.74, 6) is 1.78. The molecule has 0 radical (unpaired) electrons. The van der Waals surface area contributed by atoms with Crippen LogP contribution < -0.4 is 10.1 Å². The zero-order valence-corrected chi connectivity index (χ0v) is 18.4. The van der Waals surface area contributed by atoms with Crippen LogP contribution in [0.4, 0.5) is 4.39 Å². The number of hydrogen-bond acceptors (Lipinski definition) is 4. The van der Waals surface area contributed by atoms with E-state index in [1.54, 1.807) is 23.9 Å². The highest BCUT2D eigenvalue weighted by Crippen LogP contribution is 2.29. The van der Waals surface area contributed by atoms with Gasteiger partial charge in [0.15, 0.2) is 0 Å². The number of carbonyl (C=O) groups is 1. The molecule has 2 unspecified atom stereocenters. The molecule has 0 spiro atoms. The second-order valence-electron chi connectivity index (χ2n) is 7.75. The predicted molar refractivity (Wildman–Crippen MR) is 118 cm³/mol. The molecule has 1 aromatic heterocycles. The molecule has 0 saturated carbocycles. The quantitative estimate of drug-likeness (QED) is 0.563. The number of nitrogens with zero attached hydrogens (tertiary/aromatic N) is 3. The van der Waals surface area contributed by atoms with Gasteiger partial charge in [0, 0.05) is 12.5 Å². The largest absolute Gasteiger partial charge is 0.497 e. The molecule has 0 aliphatic carbocycles. The van der Waals surface area contributed by atoms with Gasteiger partial charge in [0.1, 0.15) is 23.2 Å². The number of rotatable bonds is 9. The summed E-state index contributed by atoms with van der Waals surface area (Å²) in [6.07, 6.45) is 0.692. The van der Waals surface area contributed by atoms with Crippen molar-refractivity contribution in [1.29, 1.82) is 0 Å². The molecule has 2 atom stereocenters. The second kappa shape index (κ2) is 10.2. The Balaban J connectivity index is 1.64. The molecule has 164 valence electrons. The second-order valence-corrected chi connectivity index (χ2v) is 7.75. The minimum atomic E-state index is -0.266. The predicted octanol–water partition coefficient (Wildman–Crippen LogP) is 4.02. The van der Waals surface area contributed by atoms with Crippen LogP contribution >= 0.6 is 0 Å². The number of amides is 1. The van der Waals surface area contributed by atoms with E-state index in [2.05, 4.69) is 15.4 Å². The third kappa shape index (κ3) is 5.90. The van der Waals surface area contributed by atoms with Gasteiger partial charge >= 0.3 is 0 Å². The number of aromatic nitrogens is 3. The van der Waals surface area contributed by atoms with E-state index in [9.17, 15) is 9.18 Å². The van der Waals surface area contributed by atoms with Crippen LogP contribution in [0.25, 0.3) is 0 Å². The lowest BCUT2D eigenvalue weighted by Gasteiger charge is -2.20. The van der Waals surface area contributed by atoms with Crippen LogP contribution in [0.5, 0.6) is 5.75 Å². The normalized spacial score (nSPS) is 12.9. The summed E-state index contributed by atoms with van der Waals surface area (Å²) in [5, 5.41) is 7.36. The zero-order valence-electron chi connectivity index (χ0n) is 18.4. The lowest BCUT2D eigenvalue weighted by molar-refractivity contribution is -0.124. The number of carbonyl (C=O) groups excluding carboxylic acids is 1. The SMILES string of the molecule is COc1ccc(C(CCNC(=O)C(C)Cn2nc(C)nc2C)c2ccc(F)cc2)cc1. The molecule has 0 fully saturated rings. The van der Waals surface area contributed by atoms with Crippen molar-refractivity contribution in [1.82, 2.24) is 20.1 Å². The molecule has 3 aromatic rings. The van der Waals surface area contributed by atoms with Crippen molar-refractivity contribution in [2.24, 2.45) is 5.92 Å². The van der Waals surface area contributed by atoms with Gasteiger partial charge in [-0.25, -0.2) is 14.1 Å². The van der Waals surface area contributed by atoms with Crippen LogP contribution in [0.2, 0.25) is 0 Å². The van der Waals surface area contributed by atoms with Crippen LogP contribution in [-0.2, 0) is 11.3 Å². The van der Waals surface area contributed by atoms with E-state index in [-0.39, 0.29) is 23.6 Å². The highest BCUT2D eigenvalue weighted by molar-refractivity contribution is 5.78. The Hall–Kier alpha value is -3.22. The molecule has 0 bridgehead atoms. The fraction of sp³-hybridized carbons (Fsp3) is 0.375. The number of ether oxygens (including phenoxy) is 1. The summed E-state index contributed by atoms with van der Waals surface area (Å²) in [5.41, 5.74) is 2.09. The van der Waals surface area contributed by atoms with Gasteiger partial charge in [-0.2, -0.15) is 5.10 Å². The Morgan fingerprint density at radius 3 is 2.26 bits per heavy atom. The third-order valence-electron chi connectivity index (χ3n) is 5.38. The molecular formula is C24H29FN4O2. The molecule has 3 rings (SSSR count). The summed E-state index contributed by atoms with van der Waals surface area (Å²) >= 11 is 0. The fourth-order valence-corrected chi connectivity index (χ4v) is 3.65. The van der Waals surface area contributed by atoms with Gasteiger partial charge in [0.2, 0.25) is 5.91 Å². The molecule has 7 heteroatoms. The van der Waals surface area contributed by atoms with Crippen molar-refractivity contribution in [3.8, 4) is 5.75 Å². The standard InChI is InChI=1S/C24H29FN4O2/c1-16(15-29-18(3)27-17(2)28-29)24(30)26-14-13-23(19-5-9-21(25)10-6-19)20-7-11-22(31-4)12-8-20/h5-12,16,23H,13-15H2,1-4H3,(H,26,30). The molecule has 6 nitrogen and oxygen atoms in total. The van der Waals surface area contributed by atoms with E-state index in [4.69, 9.17) is 4.74 Å². The Morgan fingerprint density at radius 2 is 1.71 bits per heavy atom. The summed E-state index contributed by atoms with van der Waals surface area (Å²) < 4.78 is 20.4. The Labute approximate surface area is 182 Å². The van der Waals surface area contributed by atoms with E-state index < -0.39 is 0 Å². The van der Waals surface area contributed by atoms with Gasteiger partial charge in [0.05, 0.1) is 19.6 Å². The monoisotopic (exact) mass is 424 g/mol. The molecule has 1 N–H and O–H groups in total. The van der Waals surface area contributed by atoms with Crippen molar-refractivity contribution < 1.29 is 13.9 Å². The average Bonchev–Trinajstić information content (AvgIpc) is 3.08. The summed E-state index contributed by atoms with van der Waals surface area (Å²) in [6.45, 7) is 6.59. The molecule has 0 aliphatic heterocycles. The number of nitrogens with one attached hydrogen (secondary N) is 1. The van der Waals surface area contributed by atoms with Crippen molar-refractivity contribution >= 4 is 5.91 Å². The highest BCUT2D eigenvalue weighted by Gasteiger charge is 2.18. The number of aryl methyl sites for hydroxylation is 2. The highest BCUT2D eigenvalue weighted by atomic mass is 19.1. The molecule has 31 heavy (non-hydrogen) atoms. The first kappa shape index (κ1) is 22.5. The first-order chi connectivity index (χ1) is 14.9. The smallest absolute Gasteiger partial charge is 0.224 e. The number of hydrogen-bond donors (Lipinski definition) is 1. The molecule has 1 heterocycles. The maximum atomic E-state index is 13.4. The van der Waals surface area contributed by atoms with Gasteiger partial charge in [-0.15, -0.1) is 0 Å². The topological polar surface area (TPSA) is 69.0 Å². The van der Waals surface area contributed by atoms with Gasteiger partial charge in [-0.1, -0.05) is 31.2 Å². The molecule has 0 aliphatic rings. The molecule has 1 amide bonds. The molecular weight excluding hydrogens is 395 g/mol. The van der Waals surface area contributed by atoms with Crippen molar-refractivity contribution in [2.45, 2.75) is 39.7 Å². The number of halogens is 1. The van der Waals surface area contributed by atoms with E-state index in [0.717, 1.165) is 22.7 Å². The van der Waals surface area contributed by atoms with Crippen LogP contribution in [0.1, 0.15) is 42.0 Å². The van der Waals surface area contributed by atoms with E-state index >= 15 is 0 Å². The van der Waals surface area contributed by atoms with Crippen molar-refractivity contribution in [2.75, 3.05) is 13.7 Å². The maximum Gasteiger partial charge on any atom is 0.224 e. The Kier molecular flexibility index (Phi) is 7.39. The van der Waals surface area contributed by atoms with E-state index in [1.807, 2.05) is 45.0 Å². The zero-order chi connectivity index (χ0) is 22.4. The first-order valence-electron chi connectivity index (χ1n) is 10.4. The Morgan fingerprint density at radius 1 is 1.10 bits per heavy atom. The van der Waals surface area contributed by atoms with E-state index in [0.29, 0.717) is 25.3 Å².